The Kier molecular flexibility index (Phi) is 4.51. The highest BCUT2D eigenvalue weighted by molar-refractivity contribution is 5.75. The maximum absolute atomic E-state index is 5.97. The summed E-state index contributed by atoms with van der Waals surface area (Å²) < 4.78 is 7.90. The van der Waals surface area contributed by atoms with E-state index in [1.165, 1.54) is 32.1 Å². The molecule has 28 heavy (non-hydrogen) atoms. The van der Waals surface area contributed by atoms with Gasteiger partial charge in [0.05, 0.1) is 23.1 Å². The predicted octanol–water partition coefficient (Wildman–Crippen LogP) is 4.64. The van der Waals surface area contributed by atoms with Crippen LogP contribution >= 0.6 is 0 Å². The lowest BCUT2D eigenvalue weighted by Gasteiger charge is -2.18. The van der Waals surface area contributed by atoms with E-state index >= 15 is 0 Å². The van der Waals surface area contributed by atoms with Crippen LogP contribution in [-0.2, 0) is 4.74 Å². The van der Waals surface area contributed by atoms with Crippen molar-refractivity contribution in [1.82, 2.24) is 24.7 Å². The molecule has 0 unspecified atom stereocenters. The number of H-pyrrole nitrogens is 1. The molecule has 1 aliphatic heterocycles. The van der Waals surface area contributed by atoms with Crippen LogP contribution in [0.5, 0.6) is 0 Å². The Labute approximate surface area is 165 Å². The average molecular weight is 377 g/mol. The second-order valence-electron chi connectivity index (χ2n) is 8.19. The van der Waals surface area contributed by atoms with Crippen LogP contribution in [0, 0.1) is 0 Å². The fourth-order valence-corrected chi connectivity index (χ4v) is 4.65. The third-order valence-electron chi connectivity index (χ3n) is 6.11. The number of hydrogen-bond donors (Lipinski definition) is 1. The Hall–Kier alpha value is -2.47. The SMILES string of the molecule is C=C(C)[C@@H]1OCC[C@@H]1c1nc(C2CCCCC2)nn1-c1nc2ccccc2[nH]1. The number of para-hydroxylation sites is 2. The third-order valence-corrected chi connectivity index (χ3v) is 6.11. The van der Waals surface area contributed by atoms with E-state index in [0.717, 1.165) is 47.2 Å². The Balaban J connectivity index is 1.61. The van der Waals surface area contributed by atoms with Crippen molar-refractivity contribution in [2.45, 2.75) is 63.4 Å². The van der Waals surface area contributed by atoms with Gasteiger partial charge in [-0.25, -0.2) is 9.97 Å². The molecule has 0 radical (unpaired) electrons. The number of rotatable bonds is 4. The summed E-state index contributed by atoms with van der Waals surface area (Å²) in [4.78, 5) is 13.3. The number of benzene rings is 1. The minimum absolute atomic E-state index is 0.00784. The molecule has 1 saturated carbocycles. The number of fused-ring (bicyclic) bond motifs is 1. The van der Waals surface area contributed by atoms with Gasteiger partial charge in [-0.2, -0.15) is 4.68 Å². The lowest BCUT2D eigenvalue weighted by molar-refractivity contribution is 0.129. The Bertz CT molecular complexity index is 964. The van der Waals surface area contributed by atoms with E-state index < -0.39 is 0 Å². The number of aromatic nitrogens is 5. The summed E-state index contributed by atoms with van der Waals surface area (Å²) >= 11 is 0. The number of ether oxygens (including phenoxy) is 1. The molecule has 2 aromatic heterocycles. The van der Waals surface area contributed by atoms with Gasteiger partial charge >= 0.3 is 0 Å². The highest BCUT2D eigenvalue weighted by atomic mass is 16.5. The summed E-state index contributed by atoms with van der Waals surface area (Å²) in [6.45, 7) is 6.91. The van der Waals surface area contributed by atoms with Gasteiger partial charge in [-0.3, -0.25) is 0 Å². The van der Waals surface area contributed by atoms with Crippen LogP contribution in [0.4, 0.5) is 0 Å². The molecule has 5 rings (SSSR count). The fourth-order valence-electron chi connectivity index (χ4n) is 4.65. The van der Waals surface area contributed by atoms with Crippen LogP contribution in [0.3, 0.4) is 0 Å². The number of hydrogen-bond acceptors (Lipinski definition) is 4. The topological polar surface area (TPSA) is 68.6 Å². The van der Waals surface area contributed by atoms with Gasteiger partial charge < -0.3 is 9.72 Å². The summed E-state index contributed by atoms with van der Waals surface area (Å²) in [5.41, 5.74) is 3.00. The first kappa shape index (κ1) is 17.6. The van der Waals surface area contributed by atoms with E-state index in [9.17, 15) is 0 Å². The van der Waals surface area contributed by atoms with E-state index in [4.69, 9.17) is 19.8 Å². The largest absolute Gasteiger partial charge is 0.373 e. The maximum Gasteiger partial charge on any atom is 0.230 e. The van der Waals surface area contributed by atoms with Crippen LogP contribution in [0.15, 0.2) is 36.4 Å². The van der Waals surface area contributed by atoms with Crippen molar-refractivity contribution in [3.63, 3.8) is 0 Å². The normalized spacial score (nSPS) is 23.5. The van der Waals surface area contributed by atoms with Crippen LogP contribution in [0.2, 0.25) is 0 Å². The molecule has 6 heteroatoms. The molecule has 6 nitrogen and oxygen atoms in total. The highest BCUT2D eigenvalue weighted by Gasteiger charge is 2.36. The van der Waals surface area contributed by atoms with Gasteiger partial charge in [-0.15, -0.1) is 5.10 Å². The highest BCUT2D eigenvalue weighted by Crippen LogP contribution is 2.37. The Morgan fingerprint density at radius 1 is 1.14 bits per heavy atom. The van der Waals surface area contributed by atoms with Gasteiger partial charge in [0.25, 0.3) is 0 Å². The van der Waals surface area contributed by atoms with Gasteiger partial charge in [-0.1, -0.05) is 43.5 Å². The van der Waals surface area contributed by atoms with Crippen molar-refractivity contribution in [2.24, 2.45) is 0 Å². The summed E-state index contributed by atoms with van der Waals surface area (Å²) in [5.74, 6) is 3.25. The molecule has 1 aliphatic carbocycles. The zero-order valence-electron chi connectivity index (χ0n) is 16.4. The Morgan fingerprint density at radius 2 is 1.96 bits per heavy atom. The molecule has 146 valence electrons. The average Bonchev–Trinajstić information content (AvgIpc) is 3.44. The molecule has 0 spiro atoms. The molecule has 1 N–H and O–H groups in total. The van der Waals surface area contributed by atoms with E-state index in [-0.39, 0.29) is 12.0 Å². The van der Waals surface area contributed by atoms with Crippen LogP contribution in [0.25, 0.3) is 17.0 Å². The monoisotopic (exact) mass is 377 g/mol. The van der Waals surface area contributed by atoms with Crippen molar-refractivity contribution < 1.29 is 4.74 Å². The van der Waals surface area contributed by atoms with Crippen molar-refractivity contribution >= 4 is 11.0 Å². The quantitative estimate of drug-likeness (QED) is 0.673. The first-order valence-corrected chi connectivity index (χ1v) is 10.4. The zero-order valence-corrected chi connectivity index (χ0v) is 16.4. The molecule has 3 aromatic rings. The summed E-state index contributed by atoms with van der Waals surface area (Å²) in [6, 6.07) is 8.08. The third kappa shape index (κ3) is 3.05. The number of aromatic amines is 1. The first-order chi connectivity index (χ1) is 13.7. The van der Waals surface area contributed by atoms with Crippen LogP contribution in [0.1, 0.15) is 68.9 Å². The van der Waals surface area contributed by atoms with Gasteiger partial charge in [0.1, 0.15) is 5.82 Å². The molecule has 1 aromatic carbocycles. The Morgan fingerprint density at radius 3 is 2.75 bits per heavy atom. The molecule has 3 heterocycles. The smallest absolute Gasteiger partial charge is 0.230 e. The lowest BCUT2D eigenvalue weighted by atomic mass is 9.89. The number of imidazole rings is 1. The van der Waals surface area contributed by atoms with E-state index in [0.29, 0.717) is 5.92 Å². The molecule has 1 saturated heterocycles. The minimum atomic E-state index is -0.00784. The zero-order chi connectivity index (χ0) is 19.1. The van der Waals surface area contributed by atoms with Gasteiger partial charge in [-0.05, 0) is 38.3 Å². The van der Waals surface area contributed by atoms with Gasteiger partial charge in [0.15, 0.2) is 5.82 Å². The fraction of sp³-hybridized carbons (Fsp3) is 0.500. The van der Waals surface area contributed by atoms with Crippen LogP contribution in [-0.4, -0.2) is 37.4 Å². The molecular formula is C22H27N5O. The molecule has 2 atom stereocenters. The van der Waals surface area contributed by atoms with Crippen molar-refractivity contribution in [3.05, 3.63) is 48.1 Å². The number of nitrogens with one attached hydrogen (secondary N) is 1. The molecule has 0 amide bonds. The van der Waals surface area contributed by atoms with Crippen molar-refractivity contribution in [2.75, 3.05) is 6.61 Å². The summed E-state index contributed by atoms with van der Waals surface area (Å²) in [6.07, 6.45) is 7.12. The van der Waals surface area contributed by atoms with E-state index in [1.807, 2.05) is 35.9 Å². The number of nitrogens with zero attached hydrogens (tertiary/aromatic N) is 4. The predicted molar refractivity (Wildman–Crippen MR) is 109 cm³/mol. The standard InChI is InChI=1S/C22H27N5O/c1-14(2)19-16(12-13-28-19)21-25-20(15-8-4-3-5-9-15)26-27(21)22-23-17-10-6-7-11-18(17)24-22/h6-7,10-11,15-16,19H,1,3-5,8-9,12-13H2,2H3,(H,23,24)/t16-,19-/m0/s1. The molecule has 0 bridgehead atoms. The summed E-state index contributed by atoms with van der Waals surface area (Å²) in [5, 5.41) is 4.96. The maximum atomic E-state index is 5.97. The minimum Gasteiger partial charge on any atom is -0.373 e. The lowest BCUT2D eigenvalue weighted by Crippen LogP contribution is -2.19. The van der Waals surface area contributed by atoms with Gasteiger partial charge in [0.2, 0.25) is 5.95 Å². The summed E-state index contributed by atoms with van der Waals surface area (Å²) in [7, 11) is 0. The first-order valence-electron chi connectivity index (χ1n) is 10.4. The molecule has 2 fully saturated rings. The van der Waals surface area contributed by atoms with E-state index in [1.54, 1.807) is 0 Å². The van der Waals surface area contributed by atoms with E-state index in [2.05, 4.69) is 11.6 Å². The molecule has 2 aliphatic rings. The second-order valence-corrected chi connectivity index (χ2v) is 8.19. The second kappa shape index (κ2) is 7.17. The van der Waals surface area contributed by atoms with Crippen molar-refractivity contribution in [1.29, 1.82) is 0 Å². The molecular weight excluding hydrogens is 350 g/mol. The van der Waals surface area contributed by atoms with Crippen molar-refractivity contribution in [3.8, 4) is 5.95 Å². The van der Waals surface area contributed by atoms with Gasteiger partial charge in [0, 0.05) is 12.5 Å². The van der Waals surface area contributed by atoms with Crippen LogP contribution < -0.4 is 0 Å².